The molecule has 210 valence electrons. The first-order valence-corrected chi connectivity index (χ1v) is 14.0. The van der Waals surface area contributed by atoms with Crippen molar-refractivity contribution in [2.24, 2.45) is 4.99 Å². The third-order valence-electron chi connectivity index (χ3n) is 5.97. The Morgan fingerprint density at radius 3 is 2.52 bits per heavy atom. The Labute approximate surface area is 240 Å². The number of thiazole rings is 1. The minimum atomic E-state index is -0.905. The molecular weight excluding hydrogens is 606 g/mol. The highest BCUT2D eigenvalue weighted by molar-refractivity contribution is 9.10. The van der Waals surface area contributed by atoms with Crippen LogP contribution in [0.4, 0.5) is 5.69 Å². The maximum atomic E-state index is 13.9. The number of esters is 1. The van der Waals surface area contributed by atoms with Crippen molar-refractivity contribution in [1.29, 1.82) is 0 Å². The molecule has 40 heavy (non-hydrogen) atoms. The van der Waals surface area contributed by atoms with E-state index in [9.17, 15) is 24.8 Å². The molecule has 1 aliphatic rings. The average Bonchev–Trinajstić information content (AvgIpc) is 3.20. The van der Waals surface area contributed by atoms with Crippen molar-refractivity contribution in [2.45, 2.75) is 33.7 Å². The summed E-state index contributed by atoms with van der Waals surface area (Å²) in [5.74, 6) is -0.221. The van der Waals surface area contributed by atoms with Gasteiger partial charge in [0.1, 0.15) is 0 Å². The molecule has 0 saturated carbocycles. The van der Waals surface area contributed by atoms with E-state index < -0.39 is 33.9 Å². The zero-order chi connectivity index (χ0) is 29.1. The second-order valence-electron chi connectivity index (χ2n) is 8.49. The number of phenolic OH excluding ortho intramolecular Hbond substituents is 1. The van der Waals surface area contributed by atoms with Gasteiger partial charge in [-0.1, -0.05) is 33.3 Å². The number of hydrogen-bond acceptors (Lipinski definition) is 10. The third kappa shape index (κ3) is 5.52. The highest BCUT2D eigenvalue weighted by atomic mass is 79.9. The number of aromatic hydroxyl groups is 1. The van der Waals surface area contributed by atoms with Gasteiger partial charge in [0.2, 0.25) is 5.75 Å². The lowest BCUT2D eigenvalue weighted by Crippen LogP contribution is -2.40. The highest BCUT2D eigenvalue weighted by Crippen LogP contribution is 2.37. The molecule has 0 unspecified atom stereocenters. The summed E-state index contributed by atoms with van der Waals surface area (Å²) in [5, 5.41) is 21.9. The van der Waals surface area contributed by atoms with Crippen LogP contribution in [0.25, 0.3) is 6.08 Å². The maximum Gasteiger partial charge on any atom is 0.338 e. The van der Waals surface area contributed by atoms with Crippen molar-refractivity contribution in [3.05, 3.63) is 87.0 Å². The fourth-order valence-corrected chi connectivity index (χ4v) is 5.84. The van der Waals surface area contributed by atoms with E-state index in [1.54, 1.807) is 32.0 Å². The zero-order valence-electron chi connectivity index (χ0n) is 22.1. The van der Waals surface area contributed by atoms with Crippen LogP contribution in [0.1, 0.15) is 44.9 Å². The quantitative estimate of drug-likeness (QED) is 0.212. The lowest BCUT2D eigenvalue weighted by molar-refractivity contribution is -0.385. The highest BCUT2D eigenvalue weighted by Gasteiger charge is 2.34. The smallest absolute Gasteiger partial charge is 0.338 e. The lowest BCUT2D eigenvalue weighted by atomic mass is 9.95. The molecule has 1 aromatic heterocycles. The van der Waals surface area contributed by atoms with Gasteiger partial charge in [-0.2, -0.15) is 0 Å². The number of nitrogens with zero attached hydrogens (tertiary/aromatic N) is 3. The van der Waals surface area contributed by atoms with E-state index in [4.69, 9.17) is 14.2 Å². The molecule has 0 aliphatic carbocycles. The van der Waals surface area contributed by atoms with Crippen LogP contribution in [-0.4, -0.2) is 40.4 Å². The van der Waals surface area contributed by atoms with Crippen molar-refractivity contribution >= 4 is 45.0 Å². The second-order valence-corrected chi connectivity index (χ2v) is 10.4. The number of halogens is 1. The number of allylic oxidation sites excluding steroid dienone is 1. The molecule has 0 amide bonds. The summed E-state index contributed by atoms with van der Waals surface area (Å²) in [6.07, 6.45) is 1.36. The number of benzene rings is 2. The number of carbonyl (C=O) groups excluding carboxylic acids is 1. The first-order chi connectivity index (χ1) is 19.1. The van der Waals surface area contributed by atoms with E-state index in [0.717, 1.165) is 11.3 Å². The molecule has 13 heteroatoms. The van der Waals surface area contributed by atoms with Gasteiger partial charge >= 0.3 is 11.7 Å². The van der Waals surface area contributed by atoms with E-state index in [1.165, 1.54) is 22.8 Å². The van der Waals surface area contributed by atoms with Gasteiger partial charge in [-0.15, -0.1) is 0 Å². The summed E-state index contributed by atoms with van der Waals surface area (Å²) in [7, 11) is 0. The van der Waals surface area contributed by atoms with E-state index in [1.807, 2.05) is 13.8 Å². The molecule has 0 bridgehead atoms. The van der Waals surface area contributed by atoms with Crippen molar-refractivity contribution in [3.63, 3.8) is 0 Å². The topological polar surface area (TPSA) is 142 Å². The molecule has 1 atom stereocenters. The largest absolute Gasteiger partial charge is 0.502 e. The maximum absolute atomic E-state index is 13.9. The molecule has 1 N–H and O–H groups in total. The summed E-state index contributed by atoms with van der Waals surface area (Å²) in [6, 6.07) is 6.92. The summed E-state index contributed by atoms with van der Waals surface area (Å²) in [6.45, 7) is 7.95. The Kier molecular flexibility index (Phi) is 8.74. The molecule has 0 spiro atoms. The molecule has 11 nitrogen and oxygen atoms in total. The van der Waals surface area contributed by atoms with E-state index in [0.29, 0.717) is 45.2 Å². The van der Waals surface area contributed by atoms with Gasteiger partial charge in [0, 0.05) is 16.1 Å². The SMILES string of the molecule is CCOC(=O)C1=C(C)N=c2s/c(=C\c3cc(Br)cc([N+](=O)[O-])c3O)c(=O)n2[C@H]1c1ccc(OCC)c(OCC)c1. The van der Waals surface area contributed by atoms with Crippen LogP contribution < -0.4 is 24.4 Å². The Morgan fingerprint density at radius 2 is 1.88 bits per heavy atom. The minimum absolute atomic E-state index is 0.0731. The minimum Gasteiger partial charge on any atom is -0.502 e. The molecular formula is C27H26BrN3O8S. The number of hydrogen-bond donors (Lipinski definition) is 1. The van der Waals surface area contributed by atoms with Gasteiger partial charge in [-0.25, -0.2) is 9.79 Å². The van der Waals surface area contributed by atoms with Crippen molar-refractivity contribution in [1.82, 2.24) is 4.57 Å². The van der Waals surface area contributed by atoms with E-state index in [2.05, 4.69) is 20.9 Å². The Morgan fingerprint density at radius 1 is 1.18 bits per heavy atom. The van der Waals surface area contributed by atoms with Crippen LogP contribution in [0.15, 0.2) is 55.9 Å². The molecule has 0 saturated heterocycles. The van der Waals surface area contributed by atoms with Crippen LogP contribution >= 0.6 is 27.3 Å². The number of nitro benzene ring substituents is 1. The predicted octanol–water partition coefficient (Wildman–Crippen LogP) is 3.97. The molecule has 2 heterocycles. The molecule has 0 radical (unpaired) electrons. The first kappa shape index (κ1) is 29.0. The van der Waals surface area contributed by atoms with E-state index in [-0.39, 0.29) is 22.3 Å². The standard InChI is InChI=1S/C27H26BrN3O8S/c1-5-37-19-9-8-15(11-20(19)38-6-2)23-22(26(34)39-7-3)14(4)29-27-30(23)25(33)21(40-27)12-16-10-17(28)13-18(24(16)32)31(35)36/h8-13,23,32H,5-7H2,1-4H3/b21-12-/t23-/m0/s1. The van der Waals surface area contributed by atoms with E-state index >= 15 is 0 Å². The summed E-state index contributed by atoms with van der Waals surface area (Å²) < 4.78 is 18.7. The van der Waals surface area contributed by atoms with Crippen LogP contribution in [0.3, 0.4) is 0 Å². The van der Waals surface area contributed by atoms with Crippen LogP contribution in [0.5, 0.6) is 17.2 Å². The molecule has 0 fully saturated rings. The van der Waals surface area contributed by atoms with Crippen LogP contribution in [0.2, 0.25) is 0 Å². The monoisotopic (exact) mass is 631 g/mol. The van der Waals surface area contributed by atoms with Crippen molar-refractivity contribution < 1.29 is 29.0 Å². The van der Waals surface area contributed by atoms with Gasteiger partial charge in [-0.3, -0.25) is 19.5 Å². The Hall–Kier alpha value is -3.97. The number of phenols is 1. The fourth-order valence-electron chi connectivity index (χ4n) is 4.34. The normalized spacial score (nSPS) is 14.9. The van der Waals surface area contributed by atoms with Gasteiger partial charge in [0.15, 0.2) is 16.3 Å². The average molecular weight is 632 g/mol. The van der Waals surface area contributed by atoms with Gasteiger partial charge < -0.3 is 19.3 Å². The second kappa shape index (κ2) is 12.0. The Balaban J connectivity index is 1.99. The number of aromatic nitrogens is 1. The van der Waals surface area contributed by atoms with Gasteiger partial charge in [0.25, 0.3) is 5.56 Å². The van der Waals surface area contributed by atoms with Gasteiger partial charge in [-0.05, 0) is 57.5 Å². The molecule has 2 aromatic carbocycles. The zero-order valence-corrected chi connectivity index (χ0v) is 24.5. The predicted molar refractivity (Wildman–Crippen MR) is 152 cm³/mol. The van der Waals surface area contributed by atoms with Crippen LogP contribution in [-0.2, 0) is 9.53 Å². The molecule has 3 aromatic rings. The summed E-state index contributed by atoms with van der Waals surface area (Å²) in [4.78, 5) is 42.5. The number of carbonyl (C=O) groups is 1. The first-order valence-electron chi connectivity index (χ1n) is 12.4. The van der Waals surface area contributed by atoms with Gasteiger partial charge in [0.05, 0.1) is 46.6 Å². The van der Waals surface area contributed by atoms with Crippen molar-refractivity contribution in [2.75, 3.05) is 19.8 Å². The van der Waals surface area contributed by atoms with Crippen LogP contribution in [0, 0.1) is 10.1 Å². The summed E-state index contributed by atoms with van der Waals surface area (Å²) >= 11 is 4.24. The number of fused-ring (bicyclic) bond motifs is 1. The number of rotatable bonds is 9. The summed E-state index contributed by atoms with van der Waals surface area (Å²) in [5.41, 5.74) is 0.195. The fraction of sp³-hybridized carbons (Fsp3) is 0.296. The Bertz CT molecular complexity index is 1710. The van der Waals surface area contributed by atoms with Crippen molar-refractivity contribution in [3.8, 4) is 17.2 Å². The molecule has 1 aliphatic heterocycles. The number of ether oxygens (including phenoxy) is 3. The number of nitro groups is 1. The molecule has 4 rings (SSSR count). The third-order valence-corrected chi connectivity index (χ3v) is 7.41. The lowest BCUT2D eigenvalue weighted by Gasteiger charge is -2.25.